The van der Waals surface area contributed by atoms with E-state index in [0.717, 1.165) is 24.2 Å². The van der Waals surface area contributed by atoms with Crippen molar-refractivity contribution >= 4 is 29.1 Å². The Kier molecular flexibility index (Phi) is 3.87. The van der Waals surface area contributed by atoms with Crippen LogP contribution >= 0.6 is 23.2 Å². The number of halogens is 2. The number of carbonyl (C=O) groups excluding carboxylic acids is 1. The molecule has 1 saturated carbocycles. The number of carbonyl (C=O) groups is 1. The van der Waals surface area contributed by atoms with Crippen LogP contribution in [0.15, 0.2) is 18.2 Å². The summed E-state index contributed by atoms with van der Waals surface area (Å²) in [6.45, 7) is 1.87. The van der Waals surface area contributed by atoms with Crippen LogP contribution < -0.4 is 5.32 Å². The number of aromatic amines is 1. The number of nitrogens with zero attached hydrogens (tertiary/aromatic N) is 2. The zero-order valence-corrected chi connectivity index (χ0v) is 12.9. The van der Waals surface area contributed by atoms with Gasteiger partial charge in [0.15, 0.2) is 0 Å². The molecule has 1 unspecified atom stereocenters. The maximum absolute atomic E-state index is 12.1. The van der Waals surface area contributed by atoms with Crippen molar-refractivity contribution in [3.8, 4) is 0 Å². The molecule has 110 valence electrons. The molecule has 0 spiro atoms. The number of rotatable bonds is 4. The van der Waals surface area contributed by atoms with Crippen molar-refractivity contribution in [3.05, 3.63) is 45.5 Å². The van der Waals surface area contributed by atoms with Crippen molar-refractivity contribution in [2.45, 2.75) is 31.7 Å². The second-order valence-corrected chi connectivity index (χ2v) is 6.00. The van der Waals surface area contributed by atoms with Gasteiger partial charge in [0.05, 0.1) is 16.1 Å². The average molecular weight is 325 g/mol. The van der Waals surface area contributed by atoms with Gasteiger partial charge in [-0.3, -0.25) is 9.89 Å². The molecule has 0 bridgehead atoms. The number of hydrogen-bond donors (Lipinski definition) is 2. The Hall–Kier alpha value is -1.59. The topological polar surface area (TPSA) is 70.7 Å². The van der Waals surface area contributed by atoms with E-state index in [2.05, 4.69) is 20.5 Å². The van der Waals surface area contributed by atoms with Gasteiger partial charge in [-0.15, -0.1) is 5.10 Å². The molecule has 1 atom stereocenters. The Labute approximate surface area is 132 Å². The van der Waals surface area contributed by atoms with Gasteiger partial charge in [0, 0.05) is 5.92 Å². The largest absolute Gasteiger partial charge is 0.343 e. The van der Waals surface area contributed by atoms with E-state index < -0.39 is 0 Å². The fraction of sp³-hybridized carbons (Fsp3) is 0.357. The molecule has 2 aromatic rings. The molecular formula is C14H14Cl2N4O. The molecule has 5 nitrogen and oxygen atoms in total. The normalized spacial score (nSPS) is 15.8. The van der Waals surface area contributed by atoms with Gasteiger partial charge < -0.3 is 5.32 Å². The van der Waals surface area contributed by atoms with Crippen LogP contribution in [0, 0.1) is 0 Å². The van der Waals surface area contributed by atoms with Gasteiger partial charge in [0.1, 0.15) is 5.82 Å². The highest BCUT2D eigenvalue weighted by Gasteiger charge is 2.28. The third kappa shape index (κ3) is 3.19. The molecule has 1 aromatic heterocycles. The SMILES string of the molecule is CC(NC(=O)c1n[nH]c(C2CC2)n1)c1ccc(Cl)c(Cl)c1. The Morgan fingerprint density at radius 3 is 2.81 bits per heavy atom. The first kappa shape index (κ1) is 14.4. The summed E-state index contributed by atoms with van der Waals surface area (Å²) in [6, 6.07) is 5.06. The van der Waals surface area contributed by atoms with Gasteiger partial charge in [-0.25, -0.2) is 4.98 Å². The van der Waals surface area contributed by atoms with Crippen LogP contribution in [0.3, 0.4) is 0 Å². The third-order valence-corrected chi connectivity index (χ3v) is 4.20. The molecule has 3 rings (SSSR count). The summed E-state index contributed by atoms with van der Waals surface area (Å²) in [7, 11) is 0. The van der Waals surface area contributed by atoms with E-state index in [-0.39, 0.29) is 17.8 Å². The minimum absolute atomic E-state index is 0.170. The van der Waals surface area contributed by atoms with Crippen LogP contribution in [0.1, 0.15) is 53.7 Å². The van der Waals surface area contributed by atoms with Crippen LogP contribution in [-0.4, -0.2) is 21.1 Å². The van der Waals surface area contributed by atoms with Crippen molar-refractivity contribution in [2.24, 2.45) is 0 Å². The molecule has 0 radical (unpaired) electrons. The molecule has 1 aliphatic carbocycles. The lowest BCUT2D eigenvalue weighted by atomic mass is 10.1. The van der Waals surface area contributed by atoms with Gasteiger partial charge in [-0.1, -0.05) is 29.3 Å². The lowest BCUT2D eigenvalue weighted by Crippen LogP contribution is -2.27. The highest BCUT2D eigenvalue weighted by atomic mass is 35.5. The molecule has 2 N–H and O–H groups in total. The van der Waals surface area contributed by atoms with Gasteiger partial charge >= 0.3 is 0 Å². The van der Waals surface area contributed by atoms with Crippen molar-refractivity contribution in [1.82, 2.24) is 20.5 Å². The minimum Gasteiger partial charge on any atom is -0.343 e. The number of benzene rings is 1. The van der Waals surface area contributed by atoms with Gasteiger partial charge in [-0.05, 0) is 37.5 Å². The highest BCUT2D eigenvalue weighted by Crippen LogP contribution is 2.37. The van der Waals surface area contributed by atoms with Gasteiger partial charge in [-0.2, -0.15) is 0 Å². The van der Waals surface area contributed by atoms with Crippen molar-refractivity contribution in [3.63, 3.8) is 0 Å². The van der Waals surface area contributed by atoms with E-state index in [9.17, 15) is 4.79 Å². The summed E-state index contributed by atoms with van der Waals surface area (Å²) in [5.74, 6) is 1.09. The molecule has 1 aromatic carbocycles. The molecule has 7 heteroatoms. The zero-order chi connectivity index (χ0) is 15.0. The Bertz CT molecular complexity index is 681. The summed E-state index contributed by atoms with van der Waals surface area (Å²) in [5, 5.41) is 10.6. The second-order valence-electron chi connectivity index (χ2n) is 5.19. The van der Waals surface area contributed by atoms with Gasteiger partial charge in [0.2, 0.25) is 5.82 Å². The van der Waals surface area contributed by atoms with Crippen LogP contribution in [0.5, 0.6) is 0 Å². The van der Waals surface area contributed by atoms with Crippen molar-refractivity contribution < 1.29 is 4.79 Å². The quantitative estimate of drug-likeness (QED) is 0.904. The number of amides is 1. The summed E-state index contributed by atoms with van der Waals surface area (Å²) in [5.41, 5.74) is 0.871. The summed E-state index contributed by atoms with van der Waals surface area (Å²) in [6.07, 6.45) is 2.21. The number of hydrogen-bond acceptors (Lipinski definition) is 3. The molecule has 1 aliphatic rings. The molecule has 1 amide bonds. The van der Waals surface area contributed by atoms with Crippen LogP contribution in [0.25, 0.3) is 0 Å². The molecule has 0 saturated heterocycles. The molecule has 21 heavy (non-hydrogen) atoms. The van der Waals surface area contributed by atoms with Crippen molar-refractivity contribution in [2.75, 3.05) is 0 Å². The lowest BCUT2D eigenvalue weighted by molar-refractivity contribution is 0.0929. The first-order valence-electron chi connectivity index (χ1n) is 6.72. The van der Waals surface area contributed by atoms with E-state index in [1.165, 1.54) is 0 Å². The lowest BCUT2D eigenvalue weighted by Gasteiger charge is -2.13. The van der Waals surface area contributed by atoms with E-state index in [1.54, 1.807) is 12.1 Å². The maximum Gasteiger partial charge on any atom is 0.291 e. The third-order valence-electron chi connectivity index (χ3n) is 3.46. The average Bonchev–Trinajstić information content (AvgIpc) is 3.19. The number of nitrogens with one attached hydrogen (secondary N) is 2. The van der Waals surface area contributed by atoms with E-state index in [4.69, 9.17) is 23.2 Å². The Morgan fingerprint density at radius 1 is 1.38 bits per heavy atom. The second kappa shape index (κ2) is 5.66. The van der Waals surface area contributed by atoms with Gasteiger partial charge in [0.25, 0.3) is 5.91 Å². The summed E-state index contributed by atoms with van der Waals surface area (Å²) in [4.78, 5) is 16.3. The predicted molar refractivity (Wildman–Crippen MR) is 80.7 cm³/mol. The number of aromatic nitrogens is 3. The fourth-order valence-electron chi connectivity index (χ4n) is 2.04. The van der Waals surface area contributed by atoms with Crippen LogP contribution in [0.4, 0.5) is 0 Å². The van der Waals surface area contributed by atoms with Crippen LogP contribution in [-0.2, 0) is 0 Å². The number of H-pyrrole nitrogens is 1. The first-order chi connectivity index (χ1) is 10.0. The summed E-state index contributed by atoms with van der Waals surface area (Å²) >= 11 is 11.9. The smallest absolute Gasteiger partial charge is 0.291 e. The molecule has 1 heterocycles. The Morgan fingerprint density at radius 2 is 2.14 bits per heavy atom. The van der Waals surface area contributed by atoms with E-state index in [0.29, 0.717) is 16.0 Å². The zero-order valence-electron chi connectivity index (χ0n) is 11.4. The minimum atomic E-state index is -0.309. The molecular weight excluding hydrogens is 311 g/mol. The monoisotopic (exact) mass is 324 g/mol. The predicted octanol–water partition coefficient (Wildman–Crippen LogP) is 3.48. The highest BCUT2D eigenvalue weighted by molar-refractivity contribution is 6.42. The standard InChI is InChI=1S/C14H14Cl2N4O/c1-7(9-4-5-10(15)11(16)6-9)17-14(21)13-18-12(19-20-13)8-2-3-8/h4-8H,2-3H2,1H3,(H,17,21)(H,18,19,20). The van der Waals surface area contributed by atoms with Crippen molar-refractivity contribution in [1.29, 1.82) is 0 Å². The molecule has 0 aliphatic heterocycles. The Balaban J connectivity index is 1.69. The maximum atomic E-state index is 12.1. The fourth-order valence-corrected chi connectivity index (χ4v) is 2.35. The van der Waals surface area contributed by atoms with E-state index >= 15 is 0 Å². The molecule has 1 fully saturated rings. The van der Waals surface area contributed by atoms with Crippen LogP contribution in [0.2, 0.25) is 10.0 Å². The summed E-state index contributed by atoms with van der Waals surface area (Å²) < 4.78 is 0. The van der Waals surface area contributed by atoms with E-state index in [1.807, 2.05) is 13.0 Å². The first-order valence-corrected chi connectivity index (χ1v) is 7.48.